The van der Waals surface area contributed by atoms with E-state index in [1.54, 1.807) is 17.7 Å². The molecule has 152 valence electrons. The van der Waals surface area contributed by atoms with E-state index in [9.17, 15) is 4.79 Å². The minimum absolute atomic E-state index is 0.122. The summed E-state index contributed by atoms with van der Waals surface area (Å²) in [6.07, 6.45) is 8.74. The molecule has 0 aliphatic heterocycles. The van der Waals surface area contributed by atoms with Gasteiger partial charge in [0.15, 0.2) is 0 Å². The fourth-order valence-electron chi connectivity index (χ4n) is 5.19. The normalized spacial score (nSPS) is 24.8. The number of hydrogen-bond acceptors (Lipinski definition) is 6. The number of carbonyl (C=O) groups is 1. The van der Waals surface area contributed by atoms with Gasteiger partial charge in [-0.2, -0.15) is 0 Å². The zero-order valence-electron chi connectivity index (χ0n) is 17.1. The molecule has 0 bridgehead atoms. The van der Waals surface area contributed by atoms with E-state index in [2.05, 4.69) is 27.2 Å². The van der Waals surface area contributed by atoms with Crippen LogP contribution < -0.4 is 11.1 Å². The summed E-state index contributed by atoms with van der Waals surface area (Å²) in [5, 5.41) is 4.12. The lowest BCUT2D eigenvalue weighted by Gasteiger charge is -2.37. The predicted molar refractivity (Wildman–Crippen MR) is 115 cm³/mol. The molecule has 2 aromatic heterocycles. The van der Waals surface area contributed by atoms with Crippen molar-refractivity contribution in [3.05, 3.63) is 16.8 Å². The molecule has 0 saturated heterocycles. The van der Waals surface area contributed by atoms with E-state index in [-0.39, 0.29) is 11.9 Å². The first kappa shape index (κ1) is 19.6. The largest absolute Gasteiger partial charge is 0.383 e. The van der Waals surface area contributed by atoms with Crippen LogP contribution in [0.2, 0.25) is 0 Å². The molecule has 2 heterocycles. The van der Waals surface area contributed by atoms with Crippen LogP contribution in [0.15, 0.2) is 6.33 Å². The number of carbonyl (C=O) groups excluding carboxylic acids is 1. The van der Waals surface area contributed by atoms with Crippen LogP contribution in [0.5, 0.6) is 0 Å². The number of amides is 1. The van der Waals surface area contributed by atoms with Gasteiger partial charge in [0.2, 0.25) is 5.91 Å². The number of nitrogens with one attached hydrogen (secondary N) is 1. The molecular formula is C21H31N5OS. The van der Waals surface area contributed by atoms with E-state index < -0.39 is 0 Å². The van der Waals surface area contributed by atoms with Crippen molar-refractivity contribution < 1.29 is 4.79 Å². The first-order valence-corrected chi connectivity index (χ1v) is 11.3. The van der Waals surface area contributed by atoms with Crippen LogP contribution in [0, 0.1) is 5.92 Å². The molecule has 2 unspecified atom stereocenters. The fraction of sp³-hybridized carbons (Fsp3) is 0.667. The van der Waals surface area contributed by atoms with E-state index >= 15 is 0 Å². The van der Waals surface area contributed by atoms with Gasteiger partial charge in [-0.15, -0.1) is 11.3 Å². The summed E-state index contributed by atoms with van der Waals surface area (Å²) < 4.78 is 0. The Bertz CT molecular complexity index is 864. The minimum atomic E-state index is 0.122. The van der Waals surface area contributed by atoms with Crippen molar-refractivity contribution in [3.63, 3.8) is 0 Å². The van der Waals surface area contributed by atoms with E-state index in [0.717, 1.165) is 23.1 Å². The molecule has 1 saturated carbocycles. The summed E-state index contributed by atoms with van der Waals surface area (Å²) >= 11 is 1.80. The van der Waals surface area contributed by atoms with Crippen LogP contribution in [-0.2, 0) is 11.2 Å². The van der Waals surface area contributed by atoms with E-state index in [1.807, 2.05) is 13.8 Å². The lowest BCUT2D eigenvalue weighted by Crippen LogP contribution is -2.44. The second kappa shape index (κ2) is 7.95. The third-order valence-corrected chi connectivity index (χ3v) is 7.58. The Balaban J connectivity index is 1.49. The van der Waals surface area contributed by atoms with Crippen molar-refractivity contribution in [1.29, 1.82) is 0 Å². The first-order chi connectivity index (χ1) is 13.4. The molecule has 1 fully saturated rings. The molecule has 2 aromatic rings. The fourth-order valence-corrected chi connectivity index (χ4v) is 6.43. The Morgan fingerprint density at radius 1 is 1.36 bits per heavy atom. The number of aryl methyl sites for hydroxylation is 1. The molecule has 4 rings (SSSR count). The highest BCUT2D eigenvalue weighted by atomic mass is 32.1. The van der Waals surface area contributed by atoms with Crippen molar-refractivity contribution in [1.82, 2.24) is 20.2 Å². The molecule has 3 N–H and O–H groups in total. The number of rotatable bonds is 5. The highest BCUT2D eigenvalue weighted by Gasteiger charge is 2.37. The van der Waals surface area contributed by atoms with Crippen molar-refractivity contribution in [3.8, 4) is 0 Å². The van der Waals surface area contributed by atoms with Crippen LogP contribution in [0.25, 0.3) is 10.2 Å². The summed E-state index contributed by atoms with van der Waals surface area (Å²) in [7, 11) is 2.10. The van der Waals surface area contributed by atoms with E-state index in [0.29, 0.717) is 30.2 Å². The van der Waals surface area contributed by atoms with Gasteiger partial charge in [0.1, 0.15) is 17.0 Å². The molecular weight excluding hydrogens is 370 g/mol. The van der Waals surface area contributed by atoms with Crippen molar-refractivity contribution >= 4 is 33.3 Å². The molecule has 1 amide bonds. The molecule has 6 nitrogen and oxygen atoms in total. The van der Waals surface area contributed by atoms with E-state index in [4.69, 9.17) is 5.73 Å². The van der Waals surface area contributed by atoms with Crippen molar-refractivity contribution in [2.45, 2.75) is 70.4 Å². The Hall–Kier alpha value is -1.73. The summed E-state index contributed by atoms with van der Waals surface area (Å²) in [6.45, 7) is 4.49. The first-order valence-electron chi connectivity index (χ1n) is 10.5. The zero-order valence-corrected chi connectivity index (χ0v) is 17.9. The maximum Gasteiger partial charge on any atom is 0.234 e. The Kier molecular flexibility index (Phi) is 5.56. The van der Waals surface area contributed by atoms with Crippen LogP contribution in [0.4, 0.5) is 5.82 Å². The Labute approximate surface area is 170 Å². The van der Waals surface area contributed by atoms with Gasteiger partial charge in [-0.25, -0.2) is 9.97 Å². The standard InChI is InChI=1S/C21H31N5OS/c1-12(2)25-17(27)10-26(3)14-6-4-5-13(9-14)15-7-8-16-18(15)19-20(22)23-11-24-21(19)28-16/h11-15H,4-10H2,1-3H3,(H,25,27)(H2,22,23,24)/t13?,14-,15?/m0/s1. The lowest BCUT2D eigenvalue weighted by molar-refractivity contribution is -0.123. The van der Waals surface area contributed by atoms with Gasteiger partial charge in [0.05, 0.1) is 11.9 Å². The molecule has 2 aliphatic carbocycles. The number of hydrogen-bond donors (Lipinski definition) is 2. The van der Waals surface area contributed by atoms with Crippen LogP contribution in [0.3, 0.4) is 0 Å². The monoisotopic (exact) mass is 401 g/mol. The summed E-state index contributed by atoms with van der Waals surface area (Å²) in [4.78, 5) is 25.6. The molecule has 0 spiro atoms. The molecule has 0 radical (unpaired) electrons. The van der Waals surface area contributed by atoms with Gasteiger partial charge < -0.3 is 11.1 Å². The van der Waals surface area contributed by atoms with Gasteiger partial charge in [0.25, 0.3) is 0 Å². The van der Waals surface area contributed by atoms with Crippen LogP contribution in [0.1, 0.15) is 62.3 Å². The van der Waals surface area contributed by atoms with Crippen LogP contribution >= 0.6 is 11.3 Å². The molecule has 2 aliphatic rings. The van der Waals surface area contributed by atoms with Gasteiger partial charge in [-0.1, -0.05) is 6.42 Å². The molecule has 0 aromatic carbocycles. The predicted octanol–water partition coefficient (Wildman–Crippen LogP) is 3.32. The third kappa shape index (κ3) is 3.74. The number of thiophene rings is 1. The number of likely N-dealkylation sites (N-methyl/N-ethyl adjacent to an activating group) is 1. The number of nitrogen functional groups attached to an aromatic ring is 1. The van der Waals surface area contributed by atoms with Gasteiger partial charge in [0, 0.05) is 17.0 Å². The maximum atomic E-state index is 12.2. The topological polar surface area (TPSA) is 84.1 Å². The van der Waals surface area contributed by atoms with E-state index in [1.165, 1.54) is 36.1 Å². The third-order valence-electron chi connectivity index (χ3n) is 6.41. The summed E-state index contributed by atoms with van der Waals surface area (Å²) in [5.41, 5.74) is 7.67. The highest BCUT2D eigenvalue weighted by molar-refractivity contribution is 7.19. The molecule has 7 heteroatoms. The number of anilines is 1. The number of nitrogens with two attached hydrogens (primary N) is 1. The molecule has 28 heavy (non-hydrogen) atoms. The quantitative estimate of drug-likeness (QED) is 0.803. The number of nitrogens with zero attached hydrogens (tertiary/aromatic N) is 3. The van der Waals surface area contributed by atoms with Gasteiger partial charge in [-0.3, -0.25) is 9.69 Å². The second-order valence-corrected chi connectivity index (χ2v) is 9.82. The molecule has 3 atom stereocenters. The highest BCUT2D eigenvalue weighted by Crippen LogP contribution is 2.50. The van der Waals surface area contributed by atoms with Gasteiger partial charge in [-0.05, 0) is 70.4 Å². The van der Waals surface area contributed by atoms with Gasteiger partial charge >= 0.3 is 0 Å². The number of fused-ring (bicyclic) bond motifs is 3. The smallest absolute Gasteiger partial charge is 0.234 e. The van der Waals surface area contributed by atoms with Crippen molar-refractivity contribution in [2.24, 2.45) is 5.92 Å². The Morgan fingerprint density at radius 2 is 2.18 bits per heavy atom. The van der Waals surface area contributed by atoms with Crippen LogP contribution in [-0.4, -0.2) is 46.5 Å². The number of aromatic nitrogens is 2. The SMILES string of the molecule is CC(C)NC(=O)CN(C)[C@H]1CCCC(C2CCc3sc4ncnc(N)c4c32)C1. The average Bonchev–Trinajstić information content (AvgIpc) is 3.20. The minimum Gasteiger partial charge on any atom is -0.383 e. The zero-order chi connectivity index (χ0) is 19.8. The summed E-state index contributed by atoms with van der Waals surface area (Å²) in [6, 6.07) is 0.663. The summed E-state index contributed by atoms with van der Waals surface area (Å²) in [5.74, 6) is 1.95. The lowest BCUT2D eigenvalue weighted by atomic mass is 9.75. The Morgan fingerprint density at radius 3 is 2.96 bits per heavy atom. The van der Waals surface area contributed by atoms with Crippen molar-refractivity contribution in [2.75, 3.05) is 19.3 Å². The average molecular weight is 402 g/mol. The maximum absolute atomic E-state index is 12.2. The second-order valence-electron chi connectivity index (χ2n) is 8.74.